The van der Waals surface area contributed by atoms with Crippen LogP contribution in [0, 0.1) is 11.3 Å². The number of carboxylic acid groups (broad SMARTS) is 1. The zero-order valence-electron chi connectivity index (χ0n) is 14.3. The number of fused-ring (bicyclic) bond motifs is 1. The average Bonchev–Trinajstić information content (AvgIpc) is 3.12. The van der Waals surface area contributed by atoms with Gasteiger partial charge in [-0.3, -0.25) is 0 Å². The highest BCUT2D eigenvalue weighted by Crippen LogP contribution is 2.35. The lowest BCUT2D eigenvalue weighted by Gasteiger charge is -2.34. The summed E-state index contributed by atoms with van der Waals surface area (Å²) in [7, 11) is 0. The van der Waals surface area contributed by atoms with E-state index >= 15 is 4.39 Å². The first-order valence-electron chi connectivity index (χ1n) is 8.51. The van der Waals surface area contributed by atoms with Crippen molar-refractivity contribution < 1.29 is 14.3 Å². The molecule has 3 aromatic rings. The Kier molecular flexibility index (Phi) is 4.00. The number of hydrogen-bond acceptors (Lipinski definition) is 4. The molecule has 1 N–H and O–H groups in total. The van der Waals surface area contributed by atoms with Crippen molar-refractivity contribution in [2.45, 2.75) is 18.5 Å². The molecule has 0 unspecified atom stereocenters. The van der Waals surface area contributed by atoms with Gasteiger partial charge in [-0.1, -0.05) is 0 Å². The molecule has 1 atom stereocenters. The van der Waals surface area contributed by atoms with Gasteiger partial charge in [0, 0.05) is 25.1 Å². The maximum Gasteiger partial charge on any atom is 0.407 e. The Morgan fingerprint density at radius 3 is 2.93 bits per heavy atom. The van der Waals surface area contributed by atoms with Crippen LogP contribution < -0.4 is 0 Å². The number of pyridine rings is 2. The second-order valence-corrected chi connectivity index (χ2v) is 6.62. The molecule has 3 aromatic heterocycles. The number of nitrogens with zero attached hydrogens (tertiary/aromatic N) is 5. The van der Waals surface area contributed by atoms with E-state index in [1.807, 2.05) is 12.1 Å². The van der Waals surface area contributed by atoms with Crippen LogP contribution in [0.4, 0.5) is 9.18 Å². The number of alkyl halides is 1. The molecule has 1 amide bonds. The molecule has 1 saturated heterocycles. The minimum absolute atomic E-state index is 0.213. The summed E-state index contributed by atoms with van der Waals surface area (Å²) in [6.07, 6.45) is 4.52. The number of rotatable bonds is 2. The number of carbonyl (C=O) groups is 1. The molecule has 0 spiro atoms. The fourth-order valence-corrected chi connectivity index (χ4v) is 3.43. The van der Waals surface area contributed by atoms with Crippen LogP contribution in [-0.2, 0) is 5.67 Å². The highest BCUT2D eigenvalue weighted by molar-refractivity contribution is 5.68. The molecule has 4 rings (SSSR count). The first kappa shape index (κ1) is 17.0. The van der Waals surface area contributed by atoms with Crippen LogP contribution in [0.15, 0.2) is 42.9 Å². The van der Waals surface area contributed by atoms with Gasteiger partial charge in [0.15, 0.2) is 5.67 Å². The maximum absolute atomic E-state index is 15.5. The zero-order chi connectivity index (χ0) is 19.0. The van der Waals surface area contributed by atoms with E-state index in [1.54, 1.807) is 41.2 Å². The fourth-order valence-electron chi connectivity index (χ4n) is 3.43. The molecule has 4 heterocycles. The molecule has 7 nitrogen and oxygen atoms in total. The molecule has 0 saturated carbocycles. The Bertz CT molecular complexity index is 1070. The van der Waals surface area contributed by atoms with Crippen LogP contribution in [-0.4, -0.2) is 43.6 Å². The predicted molar refractivity (Wildman–Crippen MR) is 94.8 cm³/mol. The van der Waals surface area contributed by atoms with Crippen molar-refractivity contribution in [3.05, 3.63) is 54.2 Å². The Morgan fingerprint density at radius 2 is 2.15 bits per heavy atom. The molecule has 1 aliphatic heterocycles. The predicted octanol–water partition coefficient (Wildman–Crippen LogP) is 3.21. The minimum Gasteiger partial charge on any atom is -0.465 e. The van der Waals surface area contributed by atoms with Crippen molar-refractivity contribution in [3.63, 3.8) is 0 Å². The summed E-state index contributed by atoms with van der Waals surface area (Å²) in [5.74, 6) is 0. The summed E-state index contributed by atoms with van der Waals surface area (Å²) in [6.45, 7) is 0.122. The summed E-state index contributed by atoms with van der Waals surface area (Å²) in [5, 5.41) is 18.2. The molecular formula is C19H16FN5O2. The number of piperidine rings is 1. The van der Waals surface area contributed by atoms with E-state index in [0.29, 0.717) is 24.3 Å². The number of aromatic nitrogens is 3. The lowest BCUT2D eigenvalue weighted by atomic mass is 9.92. The van der Waals surface area contributed by atoms with Gasteiger partial charge in [0.05, 0.1) is 12.2 Å². The monoisotopic (exact) mass is 365 g/mol. The quantitative estimate of drug-likeness (QED) is 0.752. The number of imidazole rings is 1. The third-order valence-corrected chi connectivity index (χ3v) is 4.84. The van der Waals surface area contributed by atoms with Crippen molar-refractivity contribution in [1.82, 2.24) is 19.3 Å². The van der Waals surface area contributed by atoms with Crippen molar-refractivity contribution in [3.8, 4) is 17.2 Å². The number of likely N-dealkylation sites (tertiary alicyclic amines) is 1. The average molecular weight is 365 g/mol. The molecule has 1 fully saturated rings. The highest BCUT2D eigenvalue weighted by Gasteiger charge is 2.41. The van der Waals surface area contributed by atoms with Crippen LogP contribution in [0.3, 0.4) is 0 Å². The number of nitriles is 1. The van der Waals surface area contributed by atoms with Gasteiger partial charge in [0.2, 0.25) is 0 Å². The topological polar surface area (TPSA) is 94.5 Å². The van der Waals surface area contributed by atoms with E-state index in [4.69, 9.17) is 10.4 Å². The van der Waals surface area contributed by atoms with Crippen molar-refractivity contribution >= 4 is 11.7 Å². The lowest BCUT2D eigenvalue weighted by Crippen LogP contribution is -2.46. The Morgan fingerprint density at radius 1 is 1.33 bits per heavy atom. The summed E-state index contributed by atoms with van der Waals surface area (Å²) in [5.41, 5.74) is 0.962. The molecule has 0 radical (unpaired) electrons. The van der Waals surface area contributed by atoms with E-state index in [2.05, 4.69) is 9.97 Å². The van der Waals surface area contributed by atoms with Crippen molar-refractivity contribution in [1.29, 1.82) is 5.26 Å². The van der Waals surface area contributed by atoms with Gasteiger partial charge in [0.25, 0.3) is 0 Å². The van der Waals surface area contributed by atoms with E-state index in [0.717, 1.165) is 16.0 Å². The second-order valence-electron chi connectivity index (χ2n) is 6.62. The fraction of sp³-hybridized carbons (Fsp3) is 0.263. The Hall–Kier alpha value is -3.47. The maximum atomic E-state index is 15.5. The first-order chi connectivity index (χ1) is 13.0. The molecule has 27 heavy (non-hydrogen) atoms. The third kappa shape index (κ3) is 3.08. The SMILES string of the molecule is N#Cc1cc(-c2ccn3cc([C@@]4(F)CCCN(C(=O)O)C4)nc3c2)ccn1. The summed E-state index contributed by atoms with van der Waals surface area (Å²) in [6, 6.07) is 9.13. The van der Waals surface area contributed by atoms with Gasteiger partial charge >= 0.3 is 6.09 Å². The largest absolute Gasteiger partial charge is 0.465 e. The Balaban J connectivity index is 1.70. The molecule has 0 aliphatic carbocycles. The van der Waals surface area contributed by atoms with Crippen LogP contribution in [0.25, 0.3) is 16.8 Å². The molecule has 1 aliphatic rings. The van der Waals surface area contributed by atoms with E-state index in [1.165, 1.54) is 0 Å². The van der Waals surface area contributed by atoms with Gasteiger partial charge in [-0.05, 0) is 48.2 Å². The van der Waals surface area contributed by atoms with Gasteiger partial charge in [0.1, 0.15) is 17.4 Å². The normalized spacial score (nSPS) is 19.8. The van der Waals surface area contributed by atoms with Crippen molar-refractivity contribution in [2.75, 3.05) is 13.1 Å². The van der Waals surface area contributed by atoms with Crippen LogP contribution in [0.2, 0.25) is 0 Å². The zero-order valence-corrected chi connectivity index (χ0v) is 14.3. The minimum atomic E-state index is -1.80. The second kappa shape index (κ2) is 6.36. The molecular weight excluding hydrogens is 349 g/mol. The van der Waals surface area contributed by atoms with Gasteiger partial charge < -0.3 is 14.4 Å². The van der Waals surface area contributed by atoms with E-state index < -0.39 is 11.8 Å². The number of hydrogen-bond donors (Lipinski definition) is 1. The molecule has 8 heteroatoms. The summed E-state index contributed by atoms with van der Waals surface area (Å²) < 4.78 is 17.2. The van der Waals surface area contributed by atoms with E-state index in [-0.39, 0.29) is 18.7 Å². The highest BCUT2D eigenvalue weighted by atomic mass is 19.1. The number of amides is 1. The summed E-state index contributed by atoms with van der Waals surface area (Å²) >= 11 is 0. The third-order valence-electron chi connectivity index (χ3n) is 4.84. The molecule has 136 valence electrons. The Labute approximate surface area is 154 Å². The lowest BCUT2D eigenvalue weighted by molar-refractivity contribution is 0.0404. The van der Waals surface area contributed by atoms with Crippen molar-refractivity contribution in [2.24, 2.45) is 0 Å². The standard InChI is InChI=1S/C19H16FN5O2/c20-19(4-1-6-25(12-19)18(26)27)16-11-24-7-3-14(9-17(24)23-16)13-2-5-22-15(8-13)10-21/h2-3,5,7-9,11H,1,4,6,12H2,(H,26,27)/t19-/m1/s1. The number of halogens is 1. The smallest absolute Gasteiger partial charge is 0.407 e. The van der Waals surface area contributed by atoms with Gasteiger partial charge in [-0.2, -0.15) is 5.26 Å². The van der Waals surface area contributed by atoms with Crippen LogP contribution in [0.5, 0.6) is 0 Å². The van der Waals surface area contributed by atoms with Crippen LogP contribution in [0.1, 0.15) is 24.2 Å². The van der Waals surface area contributed by atoms with E-state index in [9.17, 15) is 4.79 Å². The molecule has 0 bridgehead atoms. The molecule has 0 aromatic carbocycles. The summed E-state index contributed by atoms with van der Waals surface area (Å²) in [4.78, 5) is 20.7. The van der Waals surface area contributed by atoms with Gasteiger partial charge in [-0.25, -0.2) is 19.2 Å². The first-order valence-corrected chi connectivity index (χ1v) is 8.51. The van der Waals surface area contributed by atoms with Gasteiger partial charge in [-0.15, -0.1) is 0 Å². The van der Waals surface area contributed by atoms with Crippen LogP contribution >= 0.6 is 0 Å².